The third-order valence-electron chi connectivity index (χ3n) is 2.11. The fourth-order valence-electron chi connectivity index (χ4n) is 1.31. The largest absolute Gasteiger partial charge is 0.373 e. The molecule has 0 saturated carbocycles. The molecular weight excluding hydrogens is 164 g/mol. The molecule has 0 spiro atoms. The van der Waals surface area contributed by atoms with Gasteiger partial charge in [-0.15, -0.1) is 10.7 Å². The molecule has 0 radical (unpaired) electrons. The van der Waals surface area contributed by atoms with E-state index in [4.69, 9.17) is 4.84 Å². The Morgan fingerprint density at radius 3 is 2.85 bits per heavy atom. The van der Waals surface area contributed by atoms with Crippen LogP contribution in [-0.4, -0.2) is 5.71 Å². The Kier molecular flexibility index (Phi) is 5.06. The summed E-state index contributed by atoms with van der Waals surface area (Å²) in [5, 5.41) is 4.00. The Balaban J connectivity index is 1.99. The van der Waals surface area contributed by atoms with Crippen molar-refractivity contribution in [2.75, 3.05) is 0 Å². The molecule has 0 aromatic heterocycles. The first-order valence-corrected chi connectivity index (χ1v) is 5.07. The highest BCUT2D eigenvalue weighted by atomic mass is 16.7. The van der Waals surface area contributed by atoms with Gasteiger partial charge in [0.15, 0.2) is 0 Å². The number of hydrogen-bond acceptors (Lipinski definition) is 3. The van der Waals surface area contributed by atoms with Crippen molar-refractivity contribution in [1.82, 2.24) is 5.59 Å². The van der Waals surface area contributed by atoms with Crippen LogP contribution >= 0.6 is 0 Å². The number of nitrogens with one attached hydrogen (secondary N) is 1. The molecule has 1 rings (SSSR count). The maximum absolute atomic E-state index is 4.73. The van der Waals surface area contributed by atoms with Crippen molar-refractivity contribution < 1.29 is 4.84 Å². The second-order valence-electron chi connectivity index (χ2n) is 3.28. The van der Waals surface area contributed by atoms with Gasteiger partial charge in [-0.25, -0.2) is 0 Å². The lowest BCUT2D eigenvalue weighted by Gasteiger charge is -2.06. The number of rotatable bonds is 6. The lowest BCUT2D eigenvalue weighted by atomic mass is 10.1. The van der Waals surface area contributed by atoms with Crippen molar-refractivity contribution in [2.24, 2.45) is 5.10 Å². The number of allylic oxidation sites excluding steroid dienone is 1. The molecule has 13 heavy (non-hydrogen) atoms. The van der Waals surface area contributed by atoms with Gasteiger partial charge in [0.25, 0.3) is 0 Å². The second kappa shape index (κ2) is 6.52. The van der Waals surface area contributed by atoms with Gasteiger partial charge in [-0.05, 0) is 18.9 Å². The zero-order valence-corrected chi connectivity index (χ0v) is 8.25. The SMILES string of the molecule is CCCCCCCC1=NNOC=C1. The number of nitrogens with zero attached hydrogens (tertiary/aromatic N) is 1. The van der Waals surface area contributed by atoms with E-state index in [1.165, 1.54) is 32.1 Å². The van der Waals surface area contributed by atoms with Crippen LogP contribution in [0.3, 0.4) is 0 Å². The van der Waals surface area contributed by atoms with Gasteiger partial charge in [-0.3, -0.25) is 0 Å². The molecule has 0 saturated heterocycles. The van der Waals surface area contributed by atoms with E-state index in [1.807, 2.05) is 6.08 Å². The Bertz CT molecular complexity index is 187. The van der Waals surface area contributed by atoms with Gasteiger partial charge in [0.05, 0.1) is 5.71 Å². The summed E-state index contributed by atoms with van der Waals surface area (Å²) >= 11 is 0. The summed E-state index contributed by atoms with van der Waals surface area (Å²) < 4.78 is 0. The van der Waals surface area contributed by atoms with Gasteiger partial charge in [0, 0.05) is 0 Å². The minimum atomic E-state index is 1.05. The molecule has 0 amide bonds. The van der Waals surface area contributed by atoms with E-state index in [0.717, 1.165) is 12.1 Å². The number of hydrogen-bond donors (Lipinski definition) is 1. The lowest BCUT2D eigenvalue weighted by molar-refractivity contribution is 0.135. The molecule has 0 aliphatic carbocycles. The molecule has 1 aliphatic rings. The maximum atomic E-state index is 4.73. The number of hydrazone groups is 1. The molecule has 1 heterocycles. The van der Waals surface area contributed by atoms with Crippen molar-refractivity contribution in [3.8, 4) is 0 Å². The first-order valence-electron chi connectivity index (χ1n) is 5.07. The third-order valence-corrected chi connectivity index (χ3v) is 2.11. The Hall–Kier alpha value is -0.990. The smallest absolute Gasteiger partial charge is 0.123 e. The molecule has 3 nitrogen and oxygen atoms in total. The predicted molar refractivity (Wildman–Crippen MR) is 54.2 cm³/mol. The highest BCUT2D eigenvalue weighted by molar-refractivity contribution is 5.94. The molecule has 1 aliphatic heterocycles. The van der Waals surface area contributed by atoms with E-state index < -0.39 is 0 Å². The molecular formula is C10H18N2O. The lowest BCUT2D eigenvalue weighted by Crippen LogP contribution is -2.11. The van der Waals surface area contributed by atoms with E-state index in [2.05, 4.69) is 17.6 Å². The van der Waals surface area contributed by atoms with Crippen LogP contribution in [0.4, 0.5) is 0 Å². The van der Waals surface area contributed by atoms with E-state index in [1.54, 1.807) is 6.26 Å². The highest BCUT2D eigenvalue weighted by Crippen LogP contribution is 2.07. The van der Waals surface area contributed by atoms with Gasteiger partial charge >= 0.3 is 0 Å². The van der Waals surface area contributed by atoms with Crippen molar-refractivity contribution in [2.45, 2.75) is 45.4 Å². The molecule has 3 heteroatoms. The quantitative estimate of drug-likeness (QED) is 0.641. The van der Waals surface area contributed by atoms with Crippen LogP contribution in [0.25, 0.3) is 0 Å². The van der Waals surface area contributed by atoms with Gasteiger partial charge in [-0.2, -0.15) is 0 Å². The minimum Gasteiger partial charge on any atom is -0.373 e. The van der Waals surface area contributed by atoms with Crippen LogP contribution in [0.5, 0.6) is 0 Å². The summed E-state index contributed by atoms with van der Waals surface area (Å²) in [5.74, 6) is 0. The van der Waals surface area contributed by atoms with E-state index in [0.29, 0.717) is 0 Å². The molecule has 0 aromatic carbocycles. The van der Waals surface area contributed by atoms with E-state index >= 15 is 0 Å². The van der Waals surface area contributed by atoms with Crippen molar-refractivity contribution >= 4 is 5.71 Å². The van der Waals surface area contributed by atoms with Gasteiger partial charge < -0.3 is 4.84 Å². The molecule has 1 N–H and O–H groups in total. The van der Waals surface area contributed by atoms with Crippen LogP contribution in [-0.2, 0) is 4.84 Å². The first-order chi connectivity index (χ1) is 6.43. The summed E-state index contributed by atoms with van der Waals surface area (Å²) in [6.07, 6.45) is 11.1. The Morgan fingerprint density at radius 2 is 2.15 bits per heavy atom. The zero-order chi connectivity index (χ0) is 9.36. The summed E-state index contributed by atoms with van der Waals surface area (Å²) in [7, 11) is 0. The van der Waals surface area contributed by atoms with Gasteiger partial charge in [-0.1, -0.05) is 32.6 Å². The van der Waals surface area contributed by atoms with Crippen LogP contribution in [0.15, 0.2) is 17.4 Å². The number of unbranched alkanes of at least 4 members (excludes halogenated alkanes) is 4. The van der Waals surface area contributed by atoms with Crippen LogP contribution in [0, 0.1) is 0 Å². The standard InChI is InChI=1S/C10H18N2O/c1-2-3-4-5-6-7-10-8-9-13-12-11-10/h8-9,12H,2-7H2,1H3. The van der Waals surface area contributed by atoms with E-state index in [-0.39, 0.29) is 0 Å². The molecule has 0 aromatic rings. The van der Waals surface area contributed by atoms with Crippen LogP contribution in [0.1, 0.15) is 45.4 Å². The summed E-state index contributed by atoms with van der Waals surface area (Å²) in [6, 6.07) is 0. The van der Waals surface area contributed by atoms with Crippen LogP contribution in [0.2, 0.25) is 0 Å². The summed E-state index contributed by atoms with van der Waals surface area (Å²) in [4.78, 5) is 4.73. The predicted octanol–water partition coefficient (Wildman–Crippen LogP) is 2.75. The zero-order valence-electron chi connectivity index (χ0n) is 8.25. The maximum Gasteiger partial charge on any atom is 0.123 e. The topological polar surface area (TPSA) is 33.6 Å². The molecule has 0 atom stereocenters. The van der Waals surface area contributed by atoms with Gasteiger partial charge in [0.1, 0.15) is 6.26 Å². The van der Waals surface area contributed by atoms with Crippen molar-refractivity contribution in [1.29, 1.82) is 0 Å². The normalized spacial score (nSPS) is 14.7. The second-order valence-corrected chi connectivity index (χ2v) is 3.28. The van der Waals surface area contributed by atoms with Crippen molar-refractivity contribution in [3.05, 3.63) is 12.3 Å². The monoisotopic (exact) mass is 182 g/mol. The average molecular weight is 182 g/mol. The first kappa shape index (κ1) is 10.1. The molecule has 0 bridgehead atoms. The summed E-state index contributed by atoms with van der Waals surface area (Å²) in [6.45, 7) is 2.23. The molecule has 0 unspecified atom stereocenters. The van der Waals surface area contributed by atoms with Gasteiger partial charge in [0.2, 0.25) is 0 Å². The molecule has 74 valence electrons. The fraction of sp³-hybridized carbons (Fsp3) is 0.700. The van der Waals surface area contributed by atoms with Crippen LogP contribution < -0.4 is 5.59 Å². The Labute approximate surface area is 79.8 Å². The Morgan fingerprint density at radius 1 is 1.31 bits per heavy atom. The minimum absolute atomic E-state index is 1.05. The average Bonchev–Trinajstić information content (AvgIpc) is 2.19. The van der Waals surface area contributed by atoms with E-state index in [9.17, 15) is 0 Å². The highest BCUT2D eigenvalue weighted by Gasteiger charge is 1.98. The summed E-state index contributed by atoms with van der Waals surface area (Å²) in [5.41, 5.74) is 3.57. The third kappa shape index (κ3) is 4.55. The molecule has 0 fully saturated rings. The van der Waals surface area contributed by atoms with Crippen molar-refractivity contribution in [3.63, 3.8) is 0 Å². The fourth-order valence-corrected chi connectivity index (χ4v) is 1.31.